The molecule has 6 N–H and O–H groups in total. The SMILES string of the molecule is CC(C)C[C@@H](NC(=O)C(C[C@@H](O)C(Cc1ccccc1)Cc1ccccc1)NC(=O)OC(C)(C)C)C(=O)N[C@@H](Cc1ccccc1)C(N)=O. The lowest BCUT2D eigenvalue weighted by Gasteiger charge is -2.30. The average molecular weight is 673 g/mol. The lowest BCUT2D eigenvalue weighted by molar-refractivity contribution is -0.132. The highest BCUT2D eigenvalue weighted by atomic mass is 16.6. The predicted molar refractivity (Wildman–Crippen MR) is 190 cm³/mol. The molecule has 49 heavy (non-hydrogen) atoms. The third-order valence-corrected chi connectivity index (χ3v) is 7.99. The van der Waals surface area contributed by atoms with Crippen molar-refractivity contribution in [3.8, 4) is 0 Å². The molecule has 3 aromatic rings. The highest BCUT2D eigenvalue weighted by molar-refractivity contribution is 5.93. The third-order valence-electron chi connectivity index (χ3n) is 7.99. The van der Waals surface area contributed by atoms with E-state index in [-0.39, 0.29) is 31.1 Å². The zero-order valence-corrected chi connectivity index (χ0v) is 29.2. The molecule has 4 atom stereocenters. The van der Waals surface area contributed by atoms with Crippen molar-refractivity contribution in [3.05, 3.63) is 108 Å². The van der Waals surface area contributed by atoms with Gasteiger partial charge in [0.2, 0.25) is 17.7 Å². The van der Waals surface area contributed by atoms with Crippen LogP contribution in [-0.4, -0.2) is 58.8 Å². The molecule has 0 aliphatic heterocycles. The minimum atomic E-state index is -1.24. The van der Waals surface area contributed by atoms with Crippen LogP contribution in [0.4, 0.5) is 4.79 Å². The summed E-state index contributed by atoms with van der Waals surface area (Å²) < 4.78 is 5.46. The molecule has 264 valence electrons. The van der Waals surface area contributed by atoms with Gasteiger partial charge < -0.3 is 31.5 Å². The Morgan fingerprint density at radius 3 is 1.47 bits per heavy atom. The maximum Gasteiger partial charge on any atom is 0.408 e. The van der Waals surface area contributed by atoms with Crippen LogP contribution >= 0.6 is 0 Å². The summed E-state index contributed by atoms with van der Waals surface area (Å²) in [6.45, 7) is 8.93. The molecule has 0 aliphatic carbocycles. The number of aliphatic hydroxyl groups is 1. The molecule has 0 bridgehead atoms. The monoisotopic (exact) mass is 672 g/mol. The van der Waals surface area contributed by atoms with Gasteiger partial charge in [-0.1, -0.05) is 105 Å². The van der Waals surface area contributed by atoms with Gasteiger partial charge in [0.05, 0.1) is 6.10 Å². The Hall–Kier alpha value is -4.70. The Morgan fingerprint density at radius 2 is 1.06 bits per heavy atom. The molecule has 0 heterocycles. The second-order valence-corrected chi connectivity index (χ2v) is 14.0. The van der Waals surface area contributed by atoms with Gasteiger partial charge >= 0.3 is 6.09 Å². The van der Waals surface area contributed by atoms with Crippen molar-refractivity contribution in [2.75, 3.05) is 0 Å². The number of hydrogen-bond acceptors (Lipinski definition) is 6. The lowest BCUT2D eigenvalue weighted by atomic mass is 9.85. The topological polar surface area (TPSA) is 160 Å². The van der Waals surface area contributed by atoms with Crippen molar-refractivity contribution >= 4 is 23.8 Å². The summed E-state index contributed by atoms with van der Waals surface area (Å²) in [5.74, 6) is -2.26. The van der Waals surface area contributed by atoms with Crippen LogP contribution in [0.5, 0.6) is 0 Å². The summed E-state index contributed by atoms with van der Waals surface area (Å²) in [4.78, 5) is 52.9. The lowest BCUT2D eigenvalue weighted by Crippen LogP contribution is -2.57. The fourth-order valence-electron chi connectivity index (χ4n) is 5.61. The van der Waals surface area contributed by atoms with Gasteiger partial charge in [-0.3, -0.25) is 14.4 Å². The first-order valence-electron chi connectivity index (χ1n) is 16.9. The van der Waals surface area contributed by atoms with E-state index in [1.807, 2.05) is 105 Å². The molecular formula is C39H52N4O6. The fraction of sp³-hybridized carbons (Fsp3) is 0.436. The highest BCUT2D eigenvalue weighted by Crippen LogP contribution is 2.22. The number of aliphatic hydroxyl groups excluding tert-OH is 1. The van der Waals surface area contributed by atoms with Crippen LogP contribution in [0, 0.1) is 11.8 Å². The largest absolute Gasteiger partial charge is 0.444 e. The van der Waals surface area contributed by atoms with Crippen LogP contribution in [-0.2, 0) is 38.4 Å². The number of rotatable bonds is 17. The average Bonchev–Trinajstić information content (AvgIpc) is 3.03. The molecule has 1 unspecified atom stereocenters. The molecule has 0 saturated heterocycles. The van der Waals surface area contributed by atoms with Gasteiger partial charge in [-0.25, -0.2) is 4.79 Å². The molecule has 0 fully saturated rings. The molecule has 10 nitrogen and oxygen atoms in total. The Kier molecular flexibility index (Phi) is 14.8. The van der Waals surface area contributed by atoms with Crippen molar-refractivity contribution in [2.45, 2.75) is 96.6 Å². The standard InChI is InChI=1S/C39H52N4O6/c1-26(2)21-32(36(46)41-31(35(40)45)24-29-19-13-8-14-20-29)42-37(47)33(43-38(48)49-39(3,4)5)25-34(44)30(22-27-15-9-6-10-16-27)23-28-17-11-7-12-18-28/h6-20,26,30-34,44H,21-25H2,1-5H3,(H2,40,45)(H,41,46)(H,42,47)(H,43,48)/t31-,32+,33?,34+/m0/s1. The number of primary amides is 1. The van der Waals surface area contributed by atoms with Crippen LogP contribution in [0.3, 0.4) is 0 Å². The summed E-state index contributed by atoms with van der Waals surface area (Å²) >= 11 is 0. The molecule has 0 aromatic heterocycles. The summed E-state index contributed by atoms with van der Waals surface area (Å²) in [6, 6.07) is 25.4. The summed E-state index contributed by atoms with van der Waals surface area (Å²) in [7, 11) is 0. The summed E-state index contributed by atoms with van der Waals surface area (Å²) in [5, 5.41) is 19.8. The molecule has 3 rings (SSSR count). The van der Waals surface area contributed by atoms with Gasteiger partial charge in [-0.2, -0.15) is 0 Å². The minimum Gasteiger partial charge on any atom is -0.444 e. The van der Waals surface area contributed by atoms with E-state index in [2.05, 4.69) is 16.0 Å². The van der Waals surface area contributed by atoms with E-state index in [0.29, 0.717) is 12.8 Å². The van der Waals surface area contributed by atoms with E-state index < -0.39 is 53.6 Å². The van der Waals surface area contributed by atoms with Gasteiger partial charge in [0.1, 0.15) is 23.7 Å². The number of amides is 4. The molecule has 4 amide bonds. The Labute approximate surface area is 290 Å². The van der Waals surface area contributed by atoms with Crippen molar-refractivity contribution in [1.29, 1.82) is 0 Å². The van der Waals surface area contributed by atoms with Crippen LogP contribution < -0.4 is 21.7 Å². The maximum absolute atomic E-state index is 14.0. The fourth-order valence-corrected chi connectivity index (χ4v) is 5.61. The zero-order chi connectivity index (χ0) is 36.0. The Balaban J connectivity index is 1.85. The third kappa shape index (κ3) is 14.1. The minimum absolute atomic E-state index is 0.0128. The van der Waals surface area contributed by atoms with Gasteiger partial charge in [-0.15, -0.1) is 0 Å². The van der Waals surface area contributed by atoms with Gasteiger partial charge in [0.25, 0.3) is 0 Å². The number of nitrogens with one attached hydrogen (secondary N) is 3. The second-order valence-electron chi connectivity index (χ2n) is 14.0. The summed E-state index contributed by atoms with van der Waals surface area (Å²) in [6.07, 6.45) is -0.483. The zero-order valence-electron chi connectivity index (χ0n) is 29.2. The number of carbonyl (C=O) groups is 4. The van der Waals surface area contributed by atoms with Crippen molar-refractivity contribution < 1.29 is 29.0 Å². The maximum atomic E-state index is 14.0. The van der Waals surface area contributed by atoms with Crippen LogP contribution in [0.15, 0.2) is 91.0 Å². The van der Waals surface area contributed by atoms with Crippen LogP contribution in [0.1, 0.15) is 64.2 Å². The van der Waals surface area contributed by atoms with Gasteiger partial charge in [0, 0.05) is 12.8 Å². The van der Waals surface area contributed by atoms with Crippen molar-refractivity contribution in [2.24, 2.45) is 17.6 Å². The quantitative estimate of drug-likeness (QED) is 0.142. The second kappa shape index (κ2) is 18.7. The molecule has 10 heteroatoms. The van der Waals surface area contributed by atoms with E-state index in [9.17, 15) is 24.3 Å². The number of nitrogens with two attached hydrogens (primary N) is 1. The first-order chi connectivity index (χ1) is 23.2. The summed E-state index contributed by atoms with van der Waals surface area (Å²) in [5.41, 5.74) is 7.68. The van der Waals surface area contributed by atoms with E-state index in [1.54, 1.807) is 20.8 Å². The van der Waals surface area contributed by atoms with Gasteiger partial charge in [-0.05, 0) is 68.6 Å². The van der Waals surface area contributed by atoms with E-state index in [0.717, 1.165) is 16.7 Å². The number of ether oxygens (including phenoxy) is 1. The molecule has 0 aliphatic rings. The molecule has 0 radical (unpaired) electrons. The van der Waals surface area contributed by atoms with Crippen molar-refractivity contribution in [1.82, 2.24) is 16.0 Å². The van der Waals surface area contributed by atoms with E-state index in [4.69, 9.17) is 10.5 Å². The highest BCUT2D eigenvalue weighted by Gasteiger charge is 2.33. The van der Waals surface area contributed by atoms with E-state index >= 15 is 0 Å². The van der Waals surface area contributed by atoms with Gasteiger partial charge in [0.15, 0.2) is 0 Å². The number of hydrogen-bond donors (Lipinski definition) is 5. The molecule has 0 saturated carbocycles. The molecule has 3 aromatic carbocycles. The predicted octanol–water partition coefficient (Wildman–Crippen LogP) is 4.48. The van der Waals surface area contributed by atoms with E-state index in [1.165, 1.54) is 0 Å². The first-order valence-corrected chi connectivity index (χ1v) is 16.9. The number of alkyl carbamates (subject to hydrolysis) is 1. The first kappa shape index (κ1) is 38.7. The smallest absolute Gasteiger partial charge is 0.408 e. The van der Waals surface area contributed by atoms with Crippen LogP contribution in [0.2, 0.25) is 0 Å². The molecule has 0 spiro atoms. The van der Waals surface area contributed by atoms with Crippen molar-refractivity contribution in [3.63, 3.8) is 0 Å². The molecular weight excluding hydrogens is 620 g/mol. The normalized spacial score (nSPS) is 14.0. The Bertz CT molecular complexity index is 1440. The number of benzene rings is 3. The number of carbonyl (C=O) groups excluding carboxylic acids is 4. The Morgan fingerprint density at radius 1 is 0.653 bits per heavy atom. The van der Waals surface area contributed by atoms with Crippen LogP contribution in [0.25, 0.3) is 0 Å².